The Morgan fingerprint density at radius 1 is 1.29 bits per heavy atom. The number of hydrogen-bond donors (Lipinski definition) is 0. The molecule has 0 aliphatic carbocycles. The number of rotatable bonds is 2. The second kappa shape index (κ2) is 5.86. The first-order chi connectivity index (χ1) is 7.16. The van der Waals surface area contributed by atoms with Crippen LogP contribution in [0.2, 0.25) is 0 Å². The Morgan fingerprint density at radius 2 is 1.82 bits per heavy atom. The molecular weight excluding hydrogens is 281 g/mol. The molecule has 0 aromatic heterocycles. The smallest absolute Gasteiger partial charge is 0.445 e. The van der Waals surface area contributed by atoms with Gasteiger partial charge in [0.15, 0.2) is 9.84 Å². The Morgan fingerprint density at radius 3 is 2.18 bits per heavy atom. The molecule has 86 valence electrons. The van der Waals surface area contributed by atoms with Crippen molar-refractivity contribution in [3.63, 3.8) is 0 Å². The summed E-state index contributed by atoms with van der Waals surface area (Å²) in [5.41, 5.74) is -1.47. The summed E-state index contributed by atoms with van der Waals surface area (Å²) in [6, 6.07) is 3.47. The molecule has 0 aliphatic rings. The summed E-state index contributed by atoms with van der Waals surface area (Å²) in [6.07, 6.45) is 0.835. The zero-order valence-corrected chi connectivity index (χ0v) is 13.1. The summed E-state index contributed by atoms with van der Waals surface area (Å²) in [7, 11) is -3.69. The number of halogens is 3. The van der Waals surface area contributed by atoms with Crippen LogP contribution >= 0.6 is 0 Å². The molecule has 3 nitrogen and oxygen atoms in total. The van der Waals surface area contributed by atoms with E-state index in [4.69, 9.17) is 5.26 Å². The van der Waals surface area contributed by atoms with Gasteiger partial charge in [-0.2, -0.15) is 5.26 Å². The Balaban J connectivity index is 0.00000256. The van der Waals surface area contributed by atoms with Gasteiger partial charge in [0.25, 0.3) is 0 Å². The van der Waals surface area contributed by atoms with Gasteiger partial charge in [-0.1, -0.05) is 12.1 Å². The Bertz CT molecular complexity index is 565. The molecular formula is C8H6BF3KNO2S. The van der Waals surface area contributed by atoms with Crippen molar-refractivity contribution in [1.82, 2.24) is 0 Å². The molecule has 0 heterocycles. The molecule has 0 unspecified atom stereocenters. The average Bonchev–Trinajstić information content (AvgIpc) is 2.14. The van der Waals surface area contributed by atoms with Crippen molar-refractivity contribution in [3.8, 4) is 6.07 Å². The Hall–Kier alpha value is 0.151. The monoisotopic (exact) mass is 287 g/mol. The van der Waals surface area contributed by atoms with Crippen LogP contribution in [-0.2, 0) is 9.84 Å². The minimum Gasteiger partial charge on any atom is -0.445 e. The van der Waals surface area contributed by atoms with Crippen molar-refractivity contribution in [2.24, 2.45) is 0 Å². The van der Waals surface area contributed by atoms with Crippen molar-refractivity contribution in [2.75, 3.05) is 6.26 Å². The maximum Gasteiger partial charge on any atom is 1.00 e. The van der Waals surface area contributed by atoms with E-state index in [9.17, 15) is 21.4 Å². The Kier molecular flexibility index (Phi) is 5.91. The summed E-state index contributed by atoms with van der Waals surface area (Å²) < 4.78 is 59.3. The molecule has 0 amide bonds. The molecule has 1 aromatic carbocycles. The third kappa shape index (κ3) is 4.39. The predicted molar refractivity (Wildman–Crippen MR) is 53.0 cm³/mol. The third-order valence-electron chi connectivity index (χ3n) is 1.90. The molecule has 0 atom stereocenters. The molecule has 0 bridgehead atoms. The van der Waals surface area contributed by atoms with Crippen molar-refractivity contribution < 1.29 is 72.7 Å². The fraction of sp³-hybridized carbons (Fsp3) is 0.125. The van der Waals surface area contributed by atoms with Gasteiger partial charge in [-0.05, 0) is 6.07 Å². The first-order valence-electron chi connectivity index (χ1n) is 4.10. The molecule has 1 aromatic rings. The van der Waals surface area contributed by atoms with Gasteiger partial charge in [-0.25, -0.2) is 8.42 Å². The van der Waals surface area contributed by atoms with Crippen molar-refractivity contribution in [2.45, 2.75) is 4.90 Å². The van der Waals surface area contributed by atoms with Crippen LogP contribution in [0.3, 0.4) is 0 Å². The van der Waals surface area contributed by atoms with Gasteiger partial charge in [0, 0.05) is 6.26 Å². The maximum atomic E-state index is 12.3. The second-order valence-corrected chi connectivity index (χ2v) is 5.20. The molecule has 0 fully saturated rings. The van der Waals surface area contributed by atoms with Crippen LogP contribution in [-0.4, -0.2) is 21.7 Å². The molecule has 0 radical (unpaired) electrons. The number of nitriles is 1. The summed E-state index contributed by atoms with van der Waals surface area (Å²) in [5.74, 6) is 0. The standard InChI is InChI=1S/C8H6BF3NO2S.K/c1-16(14,15)8-3-2-7(9(10,11)12)4-6(8)5-13;/h2-4H,1H3;/q-1;+1. The van der Waals surface area contributed by atoms with E-state index in [1.807, 2.05) is 0 Å². The maximum absolute atomic E-state index is 12.3. The number of benzene rings is 1. The minimum absolute atomic E-state index is 0. The van der Waals surface area contributed by atoms with E-state index >= 15 is 0 Å². The van der Waals surface area contributed by atoms with E-state index in [2.05, 4.69) is 0 Å². The molecule has 9 heteroatoms. The van der Waals surface area contributed by atoms with Crippen LogP contribution in [0.1, 0.15) is 5.56 Å². The molecule has 17 heavy (non-hydrogen) atoms. The summed E-state index contributed by atoms with van der Waals surface area (Å²) in [4.78, 5) is -0.390. The van der Waals surface area contributed by atoms with Crippen LogP contribution in [0.25, 0.3) is 0 Å². The predicted octanol–water partition coefficient (Wildman–Crippen LogP) is -1.98. The molecule has 0 spiro atoms. The van der Waals surface area contributed by atoms with Crippen molar-refractivity contribution in [1.29, 1.82) is 5.26 Å². The first-order valence-corrected chi connectivity index (χ1v) is 5.99. The number of sulfone groups is 1. The van der Waals surface area contributed by atoms with Gasteiger partial charge in [-0.15, -0.1) is 5.46 Å². The third-order valence-corrected chi connectivity index (χ3v) is 3.06. The number of nitrogens with zero attached hydrogens (tertiary/aromatic N) is 1. The topological polar surface area (TPSA) is 57.9 Å². The van der Waals surface area contributed by atoms with E-state index in [0.717, 1.165) is 12.3 Å². The minimum atomic E-state index is -5.23. The quantitative estimate of drug-likeness (QED) is 0.592. The van der Waals surface area contributed by atoms with E-state index < -0.39 is 27.8 Å². The first kappa shape index (κ1) is 17.2. The van der Waals surface area contributed by atoms with Gasteiger partial charge in [0.2, 0.25) is 0 Å². The fourth-order valence-electron chi connectivity index (χ4n) is 1.16. The van der Waals surface area contributed by atoms with Crippen LogP contribution < -0.4 is 56.8 Å². The van der Waals surface area contributed by atoms with E-state index in [1.165, 1.54) is 6.07 Å². The second-order valence-electron chi connectivity index (χ2n) is 3.21. The van der Waals surface area contributed by atoms with Gasteiger partial charge < -0.3 is 12.9 Å². The fourth-order valence-corrected chi connectivity index (χ4v) is 1.98. The SMILES string of the molecule is CS(=O)(=O)c1ccc([B-](F)(F)F)cc1C#N.[K+]. The molecule has 0 saturated heterocycles. The van der Waals surface area contributed by atoms with E-state index in [0.29, 0.717) is 12.1 Å². The summed E-state index contributed by atoms with van der Waals surface area (Å²) in [6.45, 7) is -5.23. The van der Waals surface area contributed by atoms with Crippen LogP contribution in [0, 0.1) is 11.3 Å². The van der Waals surface area contributed by atoms with Crippen LogP contribution in [0.15, 0.2) is 23.1 Å². The molecule has 0 saturated carbocycles. The molecule has 0 N–H and O–H groups in total. The average molecular weight is 287 g/mol. The normalized spacial score (nSPS) is 11.5. The van der Waals surface area contributed by atoms with Gasteiger partial charge in [0.05, 0.1) is 10.5 Å². The van der Waals surface area contributed by atoms with Crippen molar-refractivity contribution in [3.05, 3.63) is 23.8 Å². The number of hydrogen-bond acceptors (Lipinski definition) is 3. The molecule has 0 aliphatic heterocycles. The van der Waals surface area contributed by atoms with Crippen molar-refractivity contribution >= 4 is 22.3 Å². The van der Waals surface area contributed by atoms with Crippen LogP contribution in [0.4, 0.5) is 12.9 Å². The van der Waals surface area contributed by atoms with Gasteiger partial charge in [-0.3, -0.25) is 0 Å². The molecule has 1 rings (SSSR count). The Labute approximate surface area is 139 Å². The van der Waals surface area contributed by atoms with Crippen LogP contribution in [0.5, 0.6) is 0 Å². The van der Waals surface area contributed by atoms with E-state index in [1.54, 1.807) is 0 Å². The zero-order valence-electron chi connectivity index (χ0n) is 9.12. The summed E-state index contributed by atoms with van der Waals surface area (Å²) in [5, 5.41) is 8.60. The van der Waals surface area contributed by atoms with E-state index in [-0.39, 0.29) is 56.3 Å². The van der Waals surface area contributed by atoms with Gasteiger partial charge in [0.1, 0.15) is 6.07 Å². The van der Waals surface area contributed by atoms with Gasteiger partial charge >= 0.3 is 58.4 Å². The summed E-state index contributed by atoms with van der Waals surface area (Å²) >= 11 is 0. The largest absolute Gasteiger partial charge is 1.00 e. The zero-order chi connectivity index (χ0) is 12.6.